The third kappa shape index (κ3) is 3.46. The van der Waals surface area contributed by atoms with Crippen molar-refractivity contribution in [3.8, 4) is 6.07 Å². The number of hydrogen-bond donors (Lipinski definition) is 0. The second-order valence-electron chi connectivity index (χ2n) is 6.40. The Kier molecular flexibility index (Phi) is 4.64. The van der Waals surface area contributed by atoms with Crippen molar-refractivity contribution in [2.45, 2.75) is 64.5 Å². The topological polar surface area (TPSA) is 36.3 Å². The number of nitrogens with zero attached hydrogens (tertiary/aromatic N) is 2. The molecular weight excluding hydrogens is 224 g/mol. The summed E-state index contributed by atoms with van der Waals surface area (Å²) in [5.74, 6) is 0. The van der Waals surface area contributed by atoms with Gasteiger partial charge in [-0.15, -0.1) is 0 Å². The van der Waals surface area contributed by atoms with E-state index >= 15 is 0 Å². The minimum absolute atomic E-state index is 0.152. The molecule has 1 heterocycles. The lowest BCUT2D eigenvalue weighted by molar-refractivity contribution is -0.0559. The number of rotatable bonds is 5. The van der Waals surface area contributed by atoms with E-state index in [9.17, 15) is 0 Å². The van der Waals surface area contributed by atoms with Gasteiger partial charge in [0.05, 0.1) is 24.2 Å². The molecule has 3 heteroatoms. The molecule has 1 aliphatic heterocycles. The molecule has 1 saturated heterocycles. The Balaban J connectivity index is 1.69. The molecule has 1 aliphatic carbocycles. The van der Waals surface area contributed by atoms with Crippen molar-refractivity contribution in [3.63, 3.8) is 0 Å². The average Bonchev–Trinajstić information content (AvgIpc) is 2.83. The SMILES string of the molecule is CC(C)(C#N)CCCCN1CCOC2CCCC21. The molecular formula is C15H26N2O. The molecule has 2 fully saturated rings. The maximum Gasteiger partial charge on any atom is 0.0730 e. The monoisotopic (exact) mass is 250 g/mol. The van der Waals surface area contributed by atoms with Gasteiger partial charge in [0.15, 0.2) is 0 Å². The number of hydrogen-bond acceptors (Lipinski definition) is 3. The van der Waals surface area contributed by atoms with E-state index in [0.717, 1.165) is 26.0 Å². The fourth-order valence-electron chi connectivity index (χ4n) is 3.22. The quantitative estimate of drug-likeness (QED) is 0.704. The second kappa shape index (κ2) is 6.04. The minimum atomic E-state index is -0.152. The molecule has 18 heavy (non-hydrogen) atoms. The van der Waals surface area contributed by atoms with Crippen LogP contribution in [0.4, 0.5) is 0 Å². The van der Waals surface area contributed by atoms with Crippen LogP contribution < -0.4 is 0 Å². The molecule has 0 radical (unpaired) electrons. The number of fused-ring (bicyclic) bond motifs is 1. The number of nitriles is 1. The Hall–Kier alpha value is -0.590. The largest absolute Gasteiger partial charge is 0.375 e. The van der Waals surface area contributed by atoms with Crippen LogP contribution in [0.5, 0.6) is 0 Å². The molecule has 2 aliphatic rings. The van der Waals surface area contributed by atoms with Crippen LogP contribution in [-0.4, -0.2) is 36.7 Å². The lowest BCUT2D eigenvalue weighted by Gasteiger charge is -2.37. The van der Waals surface area contributed by atoms with Crippen LogP contribution in [0.1, 0.15) is 52.4 Å². The smallest absolute Gasteiger partial charge is 0.0730 e. The highest BCUT2D eigenvalue weighted by molar-refractivity contribution is 4.92. The molecule has 0 N–H and O–H groups in total. The summed E-state index contributed by atoms with van der Waals surface area (Å²) in [4.78, 5) is 2.63. The van der Waals surface area contributed by atoms with E-state index in [1.807, 2.05) is 13.8 Å². The minimum Gasteiger partial charge on any atom is -0.375 e. The Morgan fingerprint density at radius 3 is 2.94 bits per heavy atom. The summed E-state index contributed by atoms with van der Waals surface area (Å²) in [6.45, 7) is 7.27. The van der Waals surface area contributed by atoms with Crippen molar-refractivity contribution in [1.29, 1.82) is 5.26 Å². The number of ether oxygens (including phenoxy) is 1. The maximum atomic E-state index is 8.99. The van der Waals surface area contributed by atoms with Gasteiger partial charge in [0.25, 0.3) is 0 Å². The van der Waals surface area contributed by atoms with Crippen molar-refractivity contribution in [3.05, 3.63) is 0 Å². The Bertz CT molecular complexity index is 308. The van der Waals surface area contributed by atoms with E-state index < -0.39 is 0 Å². The molecule has 0 aromatic carbocycles. The van der Waals surface area contributed by atoms with Gasteiger partial charge in [0.1, 0.15) is 0 Å². The first-order valence-electron chi connectivity index (χ1n) is 7.39. The summed E-state index contributed by atoms with van der Waals surface area (Å²) in [7, 11) is 0. The zero-order valence-electron chi connectivity index (χ0n) is 11.8. The van der Waals surface area contributed by atoms with Gasteiger partial charge in [-0.05, 0) is 52.5 Å². The Morgan fingerprint density at radius 2 is 2.17 bits per heavy atom. The highest BCUT2D eigenvalue weighted by Crippen LogP contribution is 2.30. The molecule has 2 atom stereocenters. The van der Waals surface area contributed by atoms with Crippen molar-refractivity contribution in [1.82, 2.24) is 4.90 Å². The van der Waals surface area contributed by atoms with E-state index in [0.29, 0.717) is 12.1 Å². The summed E-state index contributed by atoms with van der Waals surface area (Å²) in [5.41, 5.74) is -0.152. The van der Waals surface area contributed by atoms with Gasteiger partial charge in [-0.2, -0.15) is 5.26 Å². The third-order valence-corrected chi connectivity index (χ3v) is 4.40. The Labute approximate surface area is 111 Å². The molecule has 1 saturated carbocycles. The van der Waals surface area contributed by atoms with Gasteiger partial charge < -0.3 is 4.74 Å². The van der Waals surface area contributed by atoms with E-state index in [1.165, 1.54) is 32.2 Å². The van der Waals surface area contributed by atoms with Crippen LogP contribution in [-0.2, 0) is 4.74 Å². The Morgan fingerprint density at radius 1 is 1.33 bits per heavy atom. The highest BCUT2D eigenvalue weighted by Gasteiger charge is 2.35. The van der Waals surface area contributed by atoms with E-state index in [1.54, 1.807) is 0 Å². The van der Waals surface area contributed by atoms with E-state index in [2.05, 4.69) is 11.0 Å². The first kappa shape index (κ1) is 13.8. The van der Waals surface area contributed by atoms with Gasteiger partial charge in [-0.1, -0.05) is 6.42 Å². The van der Waals surface area contributed by atoms with Gasteiger partial charge in [0.2, 0.25) is 0 Å². The van der Waals surface area contributed by atoms with Gasteiger partial charge in [0, 0.05) is 12.6 Å². The van der Waals surface area contributed by atoms with Crippen LogP contribution >= 0.6 is 0 Å². The van der Waals surface area contributed by atoms with Crippen LogP contribution in [0.3, 0.4) is 0 Å². The zero-order chi connectivity index (χ0) is 13.0. The first-order chi connectivity index (χ1) is 8.62. The first-order valence-corrected chi connectivity index (χ1v) is 7.39. The van der Waals surface area contributed by atoms with Gasteiger partial charge in [-0.3, -0.25) is 4.90 Å². The summed E-state index contributed by atoms with van der Waals surface area (Å²) >= 11 is 0. The van der Waals surface area contributed by atoms with Crippen molar-refractivity contribution in [2.24, 2.45) is 5.41 Å². The van der Waals surface area contributed by atoms with Crippen molar-refractivity contribution < 1.29 is 4.74 Å². The molecule has 2 rings (SSSR count). The van der Waals surface area contributed by atoms with E-state index in [-0.39, 0.29) is 5.41 Å². The lowest BCUT2D eigenvalue weighted by Crippen LogP contribution is -2.48. The predicted octanol–water partition coefficient (Wildman–Crippen LogP) is 2.96. The maximum absolute atomic E-state index is 8.99. The number of morpholine rings is 1. The second-order valence-corrected chi connectivity index (χ2v) is 6.40. The predicted molar refractivity (Wildman–Crippen MR) is 72.2 cm³/mol. The van der Waals surface area contributed by atoms with Crippen LogP contribution in [0.2, 0.25) is 0 Å². The van der Waals surface area contributed by atoms with Crippen LogP contribution in [0.15, 0.2) is 0 Å². The van der Waals surface area contributed by atoms with Gasteiger partial charge in [-0.25, -0.2) is 0 Å². The van der Waals surface area contributed by atoms with Crippen LogP contribution in [0.25, 0.3) is 0 Å². The third-order valence-electron chi connectivity index (χ3n) is 4.40. The summed E-state index contributed by atoms with van der Waals surface area (Å²) in [5, 5.41) is 8.99. The van der Waals surface area contributed by atoms with Crippen molar-refractivity contribution in [2.75, 3.05) is 19.7 Å². The molecule has 0 amide bonds. The molecule has 2 unspecified atom stereocenters. The highest BCUT2D eigenvalue weighted by atomic mass is 16.5. The molecule has 0 bridgehead atoms. The van der Waals surface area contributed by atoms with Crippen molar-refractivity contribution >= 4 is 0 Å². The summed E-state index contributed by atoms with van der Waals surface area (Å²) < 4.78 is 5.83. The normalized spacial score (nSPS) is 28.9. The molecule has 102 valence electrons. The molecule has 0 aromatic heterocycles. The summed E-state index contributed by atoms with van der Waals surface area (Å²) in [6, 6.07) is 3.07. The molecule has 0 aromatic rings. The fourth-order valence-corrected chi connectivity index (χ4v) is 3.22. The number of unbranched alkanes of at least 4 members (excludes halogenated alkanes) is 1. The average molecular weight is 250 g/mol. The molecule has 3 nitrogen and oxygen atoms in total. The lowest BCUT2D eigenvalue weighted by atomic mass is 9.89. The van der Waals surface area contributed by atoms with Gasteiger partial charge >= 0.3 is 0 Å². The van der Waals surface area contributed by atoms with Crippen LogP contribution in [0, 0.1) is 16.7 Å². The molecule has 0 spiro atoms. The standard InChI is InChI=1S/C15H26N2O/c1-15(2,12-16)8-3-4-9-17-10-11-18-14-7-5-6-13(14)17/h13-14H,3-11H2,1-2H3. The fraction of sp³-hybridized carbons (Fsp3) is 0.933. The van der Waals surface area contributed by atoms with E-state index in [4.69, 9.17) is 10.00 Å². The zero-order valence-corrected chi connectivity index (χ0v) is 11.8. The summed E-state index contributed by atoms with van der Waals surface area (Å²) in [6.07, 6.45) is 7.80.